The van der Waals surface area contributed by atoms with Crippen molar-refractivity contribution < 1.29 is 9.53 Å². The fraction of sp³-hybridized carbons (Fsp3) is 0.222. The number of nitrogens with zero attached hydrogens (tertiary/aromatic N) is 3. The Morgan fingerprint density at radius 1 is 1.57 bits per heavy atom. The van der Waals surface area contributed by atoms with Crippen LogP contribution in [0.1, 0.15) is 17.4 Å². The third-order valence-electron chi connectivity index (χ3n) is 1.81. The van der Waals surface area contributed by atoms with Crippen LogP contribution in [0.4, 0.5) is 0 Å². The van der Waals surface area contributed by atoms with Crippen molar-refractivity contribution in [3.8, 4) is 0 Å². The van der Waals surface area contributed by atoms with Gasteiger partial charge in [-0.2, -0.15) is 5.10 Å². The van der Waals surface area contributed by atoms with E-state index in [4.69, 9.17) is 4.74 Å². The van der Waals surface area contributed by atoms with E-state index < -0.39 is 0 Å². The summed E-state index contributed by atoms with van der Waals surface area (Å²) in [6.07, 6.45) is 3.02. The predicted octanol–water partition coefficient (Wildman–Crippen LogP) is 0.906. The molecule has 5 heteroatoms. The fourth-order valence-electron chi connectivity index (χ4n) is 1.22. The molecule has 2 aromatic rings. The van der Waals surface area contributed by atoms with Crippen LogP contribution in [0.25, 0.3) is 5.52 Å². The highest BCUT2D eigenvalue weighted by molar-refractivity contribution is 5.89. The third kappa shape index (κ3) is 1.32. The lowest BCUT2D eigenvalue weighted by atomic mass is 10.4. The van der Waals surface area contributed by atoms with Gasteiger partial charge in [-0.3, -0.25) is 0 Å². The lowest BCUT2D eigenvalue weighted by Gasteiger charge is -2.00. The molecule has 0 aromatic carbocycles. The van der Waals surface area contributed by atoms with E-state index >= 15 is 0 Å². The summed E-state index contributed by atoms with van der Waals surface area (Å²) in [6, 6.07) is 3.44. The molecule has 2 aromatic heterocycles. The van der Waals surface area contributed by atoms with Crippen molar-refractivity contribution in [2.75, 3.05) is 6.61 Å². The maximum Gasteiger partial charge on any atom is 0.356 e. The quantitative estimate of drug-likeness (QED) is 0.662. The van der Waals surface area contributed by atoms with Crippen LogP contribution in [0, 0.1) is 0 Å². The molecule has 72 valence electrons. The molecule has 0 saturated carbocycles. The number of esters is 1. The van der Waals surface area contributed by atoms with Crippen molar-refractivity contribution in [1.29, 1.82) is 0 Å². The summed E-state index contributed by atoms with van der Waals surface area (Å²) < 4.78 is 6.38. The minimum absolute atomic E-state index is 0.358. The Balaban J connectivity index is 2.47. The van der Waals surface area contributed by atoms with Crippen molar-refractivity contribution in [1.82, 2.24) is 14.6 Å². The SMILES string of the molecule is CCOC(=O)c1ccc2cncnn12. The summed E-state index contributed by atoms with van der Waals surface area (Å²) in [4.78, 5) is 15.3. The van der Waals surface area contributed by atoms with E-state index in [0.717, 1.165) is 5.52 Å². The van der Waals surface area contributed by atoms with Crippen LogP contribution in [0.5, 0.6) is 0 Å². The first-order chi connectivity index (χ1) is 6.83. The average Bonchev–Trinajstić information content (AvgIpc) is 2.61. The van der Waals surface area contributed by atoms with Gasteiger partial charge in [0.25, 0.3) is 0 Å². The number of hydrogen-bond acceptors (Lipinski definition) is 4. The number of fused-ring (bicyclic) bond motifs is 1. The number of carbonyl (C=O) groups is 1. The second-order valence-electron chi connectivity index (χ2n) is 2.68. The van der Waals surface area contributed by atoms with Gasteiger partial charge in [-0.15, -0.1) is 0 Å². The normalized spacial score (nSPS) is 10.4. The van der Waals surface area contributed by atoms with E-state index in [1.54, 1.807) is 25.3 Å². The number of carbonyl (C=O) groups excluding carboxylic acids is 1. The van der Waals surface area contributed by atoms with Crippen molar-refractivity contribution in [3.05, 3.63) is 30.4 Å². The molecule has 0 aliphatic rings. The number of aromatic nitrogens is 3. The molecule has 0 unspecified atom stereocenters. The fourth-order valence-corrected chi connectivity index (χ4v) is 1.22. The van der Waals surface area contributed by atoms with Gasteiger partial charge in [0.05, 0.1) is 18.3 Å². The maximum absolute atomic E-state index is 11.4. The van der Waals surface area contributed by atoms with Crippen LogP contribution in [-0.2, 0) is 4.74 Å². The van der Waals surface area contributed by atoms with Gasteiger partial charge in [0.15, 0.2) is 5.69 Å². The second-order valence-corrected chi connectivity index (χ2v) is 2.68. The Morgan fingerprint density at radius 2 is 2.43 bits per heavy atom. The Bertz CT molecular complexity index is 464. The molecular formula is C9H9N3O2. The Hall–Kier alpha value is -1.91. The molecule has 2 heterocycles. The van der Waals surface area contributed by atoms with Gasteiger partial charge < -0.3 is 4.74 Å². The van der Waals surface area contributed by atoms with Crippen molar-refractivity contribution in [2.24, 2.45) is 0 Å². The zero-order chi connectivity index (χ0) is 9.97. The standard InChI is InChI=1S/C9H9N3O2/c1-2-14-9(13)8-4-3-7-5-10-6-11-12(7)8/h3-6H,2H2,1H3. The highest BCUT2D eigenvalue weighted by Crippen LogP contribution is 2.07. The number of rotatable bonds is 2. The van der Waals surface area contributed by atoms with Gasteiger partial charge in [0, 0.05) is 0 Å². The zero-order valence-corrected chi connectivity index (χ0v) is 7.67. The summed E-state index contributed by atoms with van der Waals surface area (Å²) in [7, 11) is 0. The van der Waals surface area contributed by atoms with Crippen LogP contribution in [0.15, 0.2) is 24.7 Å². The monoisotopic (exact) mass is 191 g/mol. The predicted molar refractivity (Wildman–Crippen MR) is 48.9 cm³/mol. The molecule has 5 nitrogen and oxygen atoms in total. The van der Waals surface area contributed by atoms with Gasteiger partial charge in [-0.25, -0.2) is 14.3 Å². The summed E-state index contributed by atoms with van der Waals surface area (Å²) in [6.45, 7) is 2.12. The molecule has 0 aliphatic carbocycles. The molecule has 2 rings (SSSR count). The van der Waals surface area contributed by atoms with Crippen molar-refractivity contribution >= 4 is 11.5 Å². The van der Waals surface area contributed by atoms with Gasteiger partial charge in [-0.1, -0.05) is 0 Å². The van der Waals surface area contributed by atoms with E-state index in [-0.39, 0.29) is 5.97 Å². The van der Waals surface area contributed by atoms with Crippen molar-refractivity contribution in [3.63, 3.8) is 0 Å². The van der Waals surface area contributed by atoms with Gasteiger partial charge in [-0.05, 0) is 19.1 Å². The largest absolute Gasteiger partial charge is 0.461 e. The molecule has 0 atom stereocenters. The molecular weight excluding hydrogens is 182 g/mol. The molecule has 14 heavy (non-hydrogen) atoms. The first-order valence-corrected chi connectivity index (χ1v) is 4.28. The molecule has 0 amide bonds. The van der Waals surface area contributed by atoms with Crippen LogP contribution in [0.2, 0.25) is 0 Å². The van der Waals surface area contributed by atoms with Crippen molar-refractivity contribution in [2.45, 2.75) is 6.92 Å². The molecule has 0 spiro atoms. The highest BCUT2D eigenvalue weighted by Gasteiger charge is 2.11. The zero-order valence-electron chi connectivity index (χ0n) is 7.67. The number of ether oxygens (including phenoxy) is 1. The molecule has 0 aliphatic heterocycles. The molecule has 0 N–H and O–H groups in total. The minimum Gasteiger partial charge on any atom is -0.461 e. The lowest BCUT2D eigenvalue weighted by Crippen LogP contribution is -2.09. The number of hydrogen-bond donors (Lipinski definition) is 0. The highest BCUT2D eigenvalue weighted by atomic mass is 16.5. The Labute approximate surface area is 80.3 Å². The first kappa shape index (κ1) is 8.68. The molecule has 0 radical (unpaired) electrons. The maximum atomic E-state index is 11.4. The minimum atomic E-state index is -0.369. The molecule has 0 saturated heterocycles. The van der Waals surface area contributed by atoms with Gasteiger partial charge in [0.1, 0.15) is 6.33 Å². The summed E-state index contributed by atoms with van der Waals surface area (Å²) in [5, 5.41) is 3.95. The summed E-state index contributed by atoms with van der Waals surface area (Å²) in [5.41, 5.74) is 1.19. The van der Waals surface area contributed by atoms with E-state index in [0.29, 0.717) is 12.3 Å². The van der Waals surface area contributed by atoms with Crippen LogP contribution < -0.4 is 0 Å². The Morgan fingerprint density at radius 3 is 3.21 bits per heavy atom. The Kier molecular flexibility index (Phi) is 2.14. The smallest absolute Gasteiger partial charge is 0.356 e. The molecule has 0 bridgehead atoms. The first-order valence-electron chi connectivity index (χ1n) is 4.28. The van der Waals surface area contributed by atoms with Crippen LogP contribution in [0.3, 0.4) is 0 Å². The van der Waals surface area contributed by atoms with E-state index in [2.05, 4.69) is 10.1 Å². The van der Waals surface area contributed by atoms with Crippen LogP contribution >= 0.6 is 0 Å². The third-order valence-corrected chi connectivity index (χ3v) is 1.81. The second kappa shape index (κ2) is 3.45. The van der Waals surface area contributed by atoms with E-state index in [9.17, 15) is 4.79 Å². The van der Waals surface area contributed by atoms with E-state index in [1.807, 2.05) is 0 Å². The van der Waals surface area contributed by atoms with Gasteiger partial charge in [0.2, 0.25) is 0 Å². The van der Waals surface area contributed by atoms with Gasteiger partial charge >= 0.3 is 5.97 Å². The summed E-state index contributed by atoms with van der Waals surface area (Å²) in [5.74, 6) is -0.369. The van der Waals surface area contributed by atoms with E-state index in [1.165, 1.54) is 10.8 Å². The van der Waals surface area contributed by atoms with Crippen LogP contribution in [-0.4, -0.2) is 27.2 Å². The topological polar surface area (TPSA) is 56.5 Å². The molecule has 0 fully saturated rings. The summed E-state index contributed by atoms with van der Waals surface area (Å²) >= 11 is 0. The lowest BCUT2D eigenvalue weighted by molar-refractivity contribution is 0.0517. The average molecular weight is 191 g/mol.